The fourth-order valence-electron chi connectivity index (χ4n) is 1.77. The van der Waals surface area contributed by atoms with Crippen molar-refractivity contribution in [2.75, 3.05) is 6.54 Å². The maximum atomic E-state index is 11.6. The van der Waals surface area contributed by atoms with Gasteiger partial charge in [-0.15, -0.1) is 0 Å². The van der Waals surface area contributed by atoms with Crippen LogP contribution in [0.15, 0.2) is 18.2 Å². The number of rotatable bonds is 5. The molecule has 0 spiro atoms. The third kappa shape index (κ3) is 3.33. The van der Waals surface area contributed by atoms with E-state index < -0.39 is 15.3 Å². The van der Waals surface area contributed by atoms with Gasteiger partial charge in [-0.25, -0.2) is 18.1 Å². The molecule has 5 nitrogen and oxygen atoms in total. The number of aromatic amines is 1. The fraction of sp³-hybridized carbons (Fsp3) is 0.462. The van der Waals surface area contributed by atoms with E-state index in [4.69, 9.17) is 0 Å². The number of aromatic nitrogens is 2. The number of H-pyrrole nitrogens is 1. The maximum Gasteiger partial charge on any atom is 0.213 e. The molecule has 104 valence electrons. The zero-order valence-electron chi connectivity index (χ0n) is 11.4. The second-order valence-corrected chi connectivity index (χ2v) is 7.26. The lowest BCUT2D eigenvalue weighted by Crippen LogP contribution is -2.32. The van der Waals surface area contributed by atoms with Crippen LogP contribution in [0.2, 0.25) is 0 Å². The summed E-state index contributed by atoms with van der Waals surface area (Å²) in [5.41, 5.74) is 3.07. The highest BCUT2D eigenvalue weighted by molar-refractivity contribution is 7.90. The molecule has 1 aromatic carbocycles. The molecule has 19 heavy (non-hydrogen) atoms. The Morgan fingerprint density at radius 3 is 2.79 bits per heavy atom. The molecule has 0 aliphatic heterocycles. The van der Waals surface area contributed by atoms with Crippen molar-refractivity contribution in [1.82, 2.24) is 14.7 Å². The lowest BCUT2D eigenvalue weighted by molar-refractivity contribution is 0.572. The topological polar surface area (TPSA) is 74.8 Å². The SMILES string of the molecule is Cc1ccc2nc(CCNS(=O)(=O)C(C)C)[nH]c2c1. The molecule has 0 aliphatic rings. The molecule has 2 aromatic rings. The summed E-state index contributed by atoms with van der Waals surface area (Å²) in [4.78, 5) is 7.63. The molecule has 0 aliphatic carbocycles. The van der Waals surface area contributed by atoms with Crippen LogP contribution in [0.25, 0.3) is 11.0 Å². The number of benzene rings is 1. The lowest BCUT2D eigenvalue weighted by atomic mass is 10.2. The average molecular weight is 281 g/mol. The van der Waals surface area contributed by atoms with Crippen molar-refractivity contribution in [3.05, 3.63) is 29.6 Å². The van der Waals surface area contributed by atoms with Crippen molar-refractivity contribution in [3.63, 3.8) is 0 Å². The Hall–Kier alpha value is -1.40. The number of sulfonamides is 1. The van der Waals surface area contributed by atoms with Gasteiger partial charge in [0.25, 0.3) is 0 Å². The van der Waals surface area contributed by atoms with E-state index >= 15 is 0 Å². The highest BCUT2D eigenvalue weighted by Crippen LogP contribution is 2.13. The number of nitrogens with one attached hydrogen (secondary N) is 2. The zero-order valence-corrected chi connectivity index (χ0v) is 12.2. The predicted molar refractivity (Wildman–Crippen MR) is 76.6 cm³/mol. The summed E-state index contributed by atoms with van der Waals surface area (Å²) in [6.07, 6.45) is 0.555. The lowest BCUT2D eigenvalue weighted by Gasteiger charge is -2.08. The highest BCUT2D eigenvalue weighted by Gasteiger charge is 2.14. The van der Waals surface area contributed by atoms with Gasteiger partial charge in [0.05, 0.1) is 16.3 Å². The van der Waals surface area contributed by atoms with Crippen LogP contribution in [0, 0.1) is 6.92 Å². The monoisotopic (exact) mass is 281 g/mol. The van der Waals surface area contributed by atoms with E-state index in [0.717, 1.165) is 16.9 Å². The Morgan fingerprint density at radius 1 is 1.37 bits per heavy atom. The van der Waals surface area contributed by atoms with Gasteiger partial charge in [-0.05, 0) is 38.5 Å². The van der Waals surface area contributed by atoms with Crippen molar-refractivity contribution in [3.8, 4) is 0 Å². The molecule has 2 rings (SSSR count). The molecule has 0 radical (unpaired) electrons. The van der Waals surface area contributed by atoms with Gasteiger partial charge in [0, 0.05) is 13.0 Å². The first-order chi connectivity index (χ1) is 8.88. The van der Waals surface area contributed by atoms with E-state index in [1.54, 1.807) is 13.8 Å². The van der Waals surface area contributed by atoms with Crippen LogP contribution >= 0.6 is 0 Å². The molecule has 0 saturated heterocycles. The second-order valence-electron chi connectivity index (χ2n) is 4.94. The molecule has 0 bridgehead atoms. The van der Waals surface area contributed by atoms with E-state index in [0.29, 0.717) is 13.0 Å². The number of fused-ring (bicyclic) bond motifs is 1. The van der Waals surface area contributed by atoms with E-state index in [9.17, 15) is 8.42 Å². The molecular formula is C13H19N3O2S. The minimum atomic E-state index is -3.20. The van der Waals surface area contributed by atoms with E-state index in [1.807, 2.05) is 25.1 Å². The number of hydrogen-bond acceptors (Lipinski definition) is 3. The van der Waals surface area contributed by atoms with Crippen LogP contribution < -0.4 is 4.72 Å². The summed E-state index contributed by atoms with van der Waals surface area (Å²) < 4.78 is 25.8. The predicted octanol–water partition coefficient (Wildman–Crippen LogP) is 1.74. The van der Waals surface area contributed by atoms with Gasteiger partial charge in [0.1, 0.15) is 5.82 Å². The van der Waals surface area contributed by atoms with Crippen LogP contribution in [0.5, 0.6) is 0 Å². The van der Waals surface area contributed by atoms with Gasteiger partial charge >= 0.3 is 0 Å². The molecule has 0 amide bonds. The third-order valence-electron chi connectivity index (χ3n) is 2.97. The van der Waals surface area contributed by atoms with Crippen LogP contribution in [0.1, 0.15) is 25.2 Å². The Labute approximate surface area is 113 Å². The molecule has 6 heteroatoms. The number of nitrogens with zero attached hydrogens (tertiary/aromatic N) is 1. The molecule has 0 saturated carbocycles. The van der Waals surface area contributed by atoms with Crippen LogP contribution in [0.4, 0.5) is 0 Å². The van der Waals surface area contributed by atoms with Crippen molar-refractivity contribution < 1.29 is 8.42 Å². The van der Waals surface area contributed by atoms with E-state index in [-0.39, 0.29) is 0 Å². The highest BCUT2D eigenvalue weighted by atomic mass is 32.2. The largest absolute Gasteiger partial charge is 0.342 e. The van der Waals surface area contributed by atoms with Gasteiger partial charge in [0.15, 0.2) is 0 Å². The van der Waals surface area contributed by atoms with Crippen LogP contribution in [0.3, 0.4) is 0 Å². The first-order valence-electron chi connectivity index (χ1n) is 6.32. The molecule has 0 unspecified atom stereocenters. The van der Waals surface area contributed by atoms with Gasteiger partial charge in [-0.3, -0.25) is 0 Å². The minimum absolute atomic E-state index is 0.360. The van der Waals surface area contributed by atoms with Crippen LogP contribution in [-0.4, -0.2) is 30.2 Å². The molecule has 0 atom stereocenters. The summed E-state index contributed by atoms with van der Waals surface area (Å²) in [7, 11) is -3.20. The summed E-state index contributed by atoms with van der Waals surface area (Å²) in [6.45, 7) is 5.70. The first kappa shape index (κ1) is 14.0. The third-order valence-corrected chi connectivity index (χ3v) is 4.82. The first-order valence-corrected chi connectivity index (χ1v) is 7.87. The Kier molecular flexibility index (Phi) is 3.91. The van der Waals surface area contributed by atoms with Crippen molar-refractivity contribution in [2.24, 2.45) is 0 Å². The van der Waals surface area contributed by atoms with Crippen LogP contribution in [-0.2, 0) is 16.4 Å². The molecule has 1 heterocycles. The molecule has 1 aromatic heterocycles. The molecule has 2 N–H and O–H groups in total. The van der Waals surface area contributed by atoms with E-state index in [1.165, 1.54) is 5.56 Å². The fourth-order valence-corrected chi connectivity index (χ4v) is 2.49. The summed E-state index contributed by atoms with van der Waals surface area (Å²) in [5.74, 6) is 0.798. The minimum Gasteiger partial charge on any atom is -0.342 e. The normalized spacial score (nSPS) is 12.4. The Balaban J connectivity index is 2.03. The van der Waals surface area contributed by atoms with Gasteiger partial charge < -0.3 is 4.98 Å². The van der Waals surface area contributed by atoms with Crippen molar-refractivity contribution in [2.45, 2.75) is 32.4 Å². The molecule has 0 fully saturated rings. The summed E-state index contributed by atoms with van der Waals surface area (Å²) in [5, 5.41) is -0.411. The Morgan fingerprint density at radius 2 is 2.11 bits per heavy atom. The van der Waals surface area contributed by atoms with Gasteiger partial charge in [-0.1, -0.05) is 6.07 Å². The quantitative estimate of drug-likeness (QED) is 0.876. The number of hydrogen-bond donors (Lipinski definition) is 2. The second kappa shape index (κ2) is 5.30. The molecular weight excluding hydrogens is 262 g/mol. The summed E-state index contributed by atoms with van der Waals surface area (Å²) in [6, 6.07) is 6.00. The van der Waals surface area contributed by atoms with E-state index in [2.05, 4.69) is 14.7 Å². The van der Waals surface area contributed by atoms with Gasteiger partial charge in [-0.2, -0.15) is 0 Å². The smallest absolute Gasteiger partial charge is 0.213 e. The van der Waals surface area contributed by atoms with Gasteiger partial charge in [0.2, 0.25) is 10.0 Å². The number of aryl methyl sites for hydroxylation is 1. The number of imidazole rings is 1. The zero-order chi connectivity index (χ0) is 14.0. The van der Waals surface area contributed by atoms with Crippen molar-refractivity contribution in [1.29, 1.82) is 0 Å². The standard InChI is InChI=1S/C13H19N3O2S/c1-9(2)19(17,18)14-7-6-13-15-11-5-4-10(3)8-12(11)16-13/h4-5,8-9,14H,6-7H2,1-3H3,(H,15,16). The summed E-state index contributed by atoms with van der Waals surface area (Å²) >= 11 is 0. The Bertz CT molecular complexity index is 674. The average Bonchev–Trinajstić information content (AvgIpc) is 2.70. The van der Waals surface area contributed by atoms with Crippen molar-refractivity contribution >= 4 is 21.1 Å². The maximum absolute atomic E-state index is 11.6.